The Bertz CT molecular complexity index is 247. The quantitative estimate of drug-likeness (QED) is 0.763. The van der Waals surface area contributed by atoms with Gasteiger partial charge in [0.15, 0.2) is 0 Å². The van der Waals surface area contributed by atoms with Crippen LogP contribution in [0.25, 0.3) is 0 Å². The van der Waals surface area contributed by atoms with Gasteiger partial charge in [0.1, 0.15) is 5.60 Å². The molecule has 1 unspecified atom stereocenters. The molecular weight excluding hydrogens is 194 g/mol. The van der Waals surface area contributed by atoms with Gasteiger partial charge in [-0.3, -0.25) is 0 Å². The van der Waals surface area contributed by atoms with E-state index in [0.717, 1.165) is 13.0 Å². The maximum atomic E-state index is 11.8. The first-order chi connectivity index (χ1) is 6.78. The molecule has 0 aromatic rings. The predicted molar refractivity (Wildman–Crippen MR) is 57.7 cm³/mol. The molecule has 0 spiro atoms. The fourth-order valence-electron chi connectivity index (χ4n) is 1.73. The van der Waals surface area contributed by atoms with Crippen LogP contribution in [-0.4, -0.2) is 40.4 Å². The Morgan fingerprint density at radius 3 is 2.47 bits per heavy atom. The van der Waals surface area contributed by atoms with E-state index in [0.29, 0.717) is 6.42 Å². The van der Waals surface area contributed by atoms with Gasteiger partial charge in [0.2, 0.25) is 0 Å². The maximum Gasteiger partial charge on any atom is 0.410 e. The molecule has 4 heteroatoms. The predicted octanol–water partition coefficient (Wildman–Crippen LogP) is 1.77. The van der Waals surface area contributed by atoms with Gasteiger partial charge in [-0.1, -0.05) is 0 Å². The molecule has 4 nitrogen and oxygen atoms in total. The molecular formula is C11H21NO3. The second-order valence-electron chi connectivity index (χ2n) is 5.35. The number of amides is 1. The second-order valence-corrected chi connectivity index (χ2v) is 5.35. The highest BCUT2D eigenvalue weighted by molar-refractivity contribution is 5.70. The van der Waals surface area contributed by atoms with Gasteiger partial charge in [-0.05, 0) is 40.5 Å². The maximum absolute atomic E-state index is 11.8. The van der Waals surface area contributed by atoms with Gasteiger partial charge in [-0.25, -0.2) is 4.79 Å². The second kappa shape index (κ2) is 4.00. The molecule has 1 amide bonds. The van der Waals surface area contributed by atoms with Crippen molar-refractivity contribution in [1.29, 1.82) is 0 Å². The van der Waals surface area contributed by atoms with Gasteiger partial charge < -0.3 is 14.7 Å². The third kappa shape index (κ3) is 2.84. The van der Waals surface area contributed by atoms with Crippen molar-refractivity contribution in [3.8, 4) is 0 Å². The lowest BCUT2D eigenvalue weighted by atomic mass is 9.84. The highest BCUT2D eigenvalue weighted by atomic mass is 16.6. The summed E-state index contributed by atoms with van der Waals surface area (Å²) in [5, 5.41) is 8.92. The van der Waals surface area contributed by atoms with Crippen LogP contribution >= 0.6 is 0 Å². The number of likely N-dealkylation sites (tertiary alicyclic amines) is 1. The molecule has 1 saturated heterocycles. The molecule has 88 valence electrons. The lowest BCUT2D eigenvalue weighted by molar-refractivity contribution is -0.0450. The molecule has 1 atom stereocenters. The molecule has 0 aliphatic carbocycles. The number of rotatable bonds is 2. The van der Waals surface area contributed by atoms with Crippen LogP contribution in [-0.2, 0) is 4.74 Å². The van der Waals surface area contributed by atoms with Crippen LogP contribution in [0.1, 0.15) is 40.5 Å². The Morgan fingerprint density at radius 1 is 1.53 bits per heavy atom. The van der Waals surface area contributed by atoms with Crippen LogP contribution in [0.2, 0.25) is 0 Å². The van der Waals surface area contributed by atoms with Gasteiger partial charge in [-0.2, -0.15) is 0 Å². The van der Waals surface area contributed by atoms with Crippen molar-refractivity contribution in [3.63, 3.8) is 0 Å². The molecule has 1 aliphatic rings. The Labute approximate surface area is 91.2 Å². The third-order valence-electron chi connectivity index (χ3n) is 2.79. The summed E-state index contributed by atoms with van der Waals surface area (Å²) >= 11 is 0. The number of hydrogen-bond donors (Lipinski definition) is 1. The Balaban J connectivity index is 2.55. The van der Waals surface area contributed by atoms with Gasteiger partial charge in [0, 0.05) is 18.7 Å². The van der Waals surface area contributed by atoms with E-state index in [1.165, 1.54) is 0 Å². The van der Waals surface area contributed by atoms with Crippen LogP contribution in [0.5, 0.6) is 0 Å². The van der Waals surface area contributed by atoms with E-state index in [4.69, 9.17) is 9.84 Å². The summed E-state index contributed by atoms with van der Waals surface area (Å²) in [5.41, 5.74) is -0.663. The van der Waals surface area contributed by atoms with Crippen molar-refractivity contribution >= 4 is 6.09 Å². The highest BCUT2D eigenvalue weighted by Crippen LogP contribution is 2.34. The topological polar surface area (TPSA) is 49.8 Å². The van der Waals surface area contributed by atoms with Crippen molar-refractivity contribution in [2.24, 2.45) is 0 Å². The summed E-state index contributed by atoms with van der Waals surface area (Å²) in [4.78, 5) is 13.5. The van der Waals surface area contributed by atoms with Gasteiger partial charge in [0.05, 0.1) is 0 Å². The number of aliphatic hydroxyl groups is 1. The summed E-state index contributed by atoms with van der Waals surface area (Å²) in [7, 11) is 0. The van der Waals surface area contributed by atoms with Crippen LogP contribution in [0.3, 0.4) is 0 Å². The van der Waals surface area contributed by atoms with E-state index in [1.54, 1.807) is 4.90 Å². The fraction of sp³-hybridized carbons (Fsp3) is 0.909. The van der Waals surface area contributed by atoms with Crippen molar-refractivity contribution in [1.82, 2.24) is 4.90 Å². The van der Waals surface area contributed by atoms with Crippen LogP contribution in [0, 0.1) is 0 Å². The average Bonchev–Trinajstić information content (AvgIpc) is 1.99. The van der Waals surface area contributed by atoms with E-state index in [9.17, 15) is 4.79 Å². The van der Waals surface area contributed by atoms with Crippen molar-refractivity contribution in [2.75, 3.05) is 13.2 Å². The lowest BCUT2D eigenvalue weighted by Crippen LogP contribution is -2.61. The summed E-state index contributed by atoms with van der Waals surface area (Å²) < 4.78 is 5.29. The van der Waals surface area contributed by atoms with E-state index >= 15 is 0 Å². The zero-order valence-corrected chi connectivity index (χ0v) is 10.0. The summed E-state index contributed by atoms with van der Waals surface area (Å²) in [6.45, 7) is 8.38. The van der Waals surface area contributed by atoms with Crippen LogP contribution in [0.4, 0.5) is 4.79 Å². The van der Waals surface area contributed by atoms with Crippen LogP contribution < -0.4 is 0 Å². The van der Waals surface area contributed by atoms with Crippen molar-refractivity contribution < 1.29 is 14.6 Å². The number of ether oxygens (including phenoxy) is 1. The Hall–Kier alpha value is -0.770. The molecule has 1 N–H and O–H groups in total. The standard InChI is InChI=1S/C11H21NO3/c1-10(2,3)15-9(14)12-7-5-11(12,4)6-8-13/h13H,5-8H2,1-4H3. The molecule has 0 saturated carbocycles. The number of hydrogen-bond acceptors (Lipinski definition) is 3. The largest absolute Gasteiger partial charge is 0.444 e. The van der Waals surface area contributed by atoms with Gasteiger partial charge in [0.25, 0.3) is 0 Å². The zero-order valence-electron chi connectivity index (χ0n) is 10.0. The molecule has 1 heterocycles. The molecule has 0 aromatic carbocycles. The number of carbonyl (C=O) groups excluding carboxylic acids is 1. The highest BCUT2D eigenvalue weighted by Gasteiger charge is 2.44. The molecule has 1 fully saturated rings. The molecule has 15 heavy (non-hydrogen) atoms. The van der Waals surface area contributed by atoms with E-state index < -0.39 is 5.60 Å². The number of aliphatic hydroxyl groups excluding tert-OH is 1. The average molecular weight is 215 g/mol. The lowest BCUT2D eigenvalue weighted by Gasteiger charge is -2.50. The minimum atomic E-state index is -0.452. The first-order valence-corrected chi connectivity index (χ1v) is 5.40. The zero-order chi connectivity index (χ0) is 11.7. The number of carbonyl (C=O) groups is 1. The molecule has 0 bridgehead atoms. The van der Waals surface area contributed by atoms with Crippen molar-refractivity contribution in [2.45, 2.75) is 51.7 Å². The monoisotopic (exact) mass is 215 g/mol. The SMILES string of the molecule is CC(C)(C)OC(=O)N1CCC1(C)CCO. The fourth-order valence-corrected chi connectivity index (χ4v) is 1.73. The van der Waals surface area contributed by atoms with Crippen LogP contribution in [0.15, 0.2) is 0 Å². The van der Waals surface area contributed by atoms with E-state index in [2.05, 4.69) is 0 Å². The third-order valence-corrected chi connectivity index (χ3v) is 2.79. The van der Waals surface area contributed by atoms with E-state index in [1.807, 2.05) is 27.7 Å². The first-order valence-electron chi connectivity index (χ1n) is 5.40. The minimum Gasteiger partial charge on any atom is -0.444 e. The first kappa shape index (κ1) is 12.3. The number of nitrogens with zero attached hydrogens (tertiary/aromatic N) is 1. The Morgan fingerprint density at radius 2 is 2.13 bits per heavy atom. The van der Waals surface area contributed by atoms with Gasteiger partial charge in [-0.15, -0.1) is 0 Å². The summed E-state index contributed by atoms with van der Waals surface area (Å²) in [6, 6.07) is 0. The smallest absolute Gasteiger partial charge is 0.410 e. The normalized spacial score (nSPS) is 26.1. The Kier molecular flexibility index (Phi) is 3.28. The molecule has 1 aliphatic heterocycles. The minimum absolute atomic E-state index is 0.107. The summed E-state index contributed by atoms with van der Waals surface area (Å²) in [5.74, 6) is 0. The molecule has 0 aromatic heterocycles. The van der Waals surface area contributed by atoms with E-state index in [-0.39, 0.29) is 18.2 Å². The molecule has 1 rings (SSSR count). The molecule has 0 radical (unpaired) electrons. The van der Waals surface area contributed by atoms with Gasteiger partial charge >= 0.3 is 6.09 Å². The van der Waals surface area contributed by atoms with Crippen molar-refractivity contribution in [3.05, 3.63) is 0 Å². The summed E-state index contributed by atoms with van der Waals surface area (Å²) in [6.07, 6.45) is 1.28.